The summed E-state index contributed by atoms with van der Waals surface area (Å²) in [5.41, 5.74) is 5.74. The third kappa shape index (κ3) is 2.11. The van der Waals surface area contributed by atoms with Gasteiger partial charge in [0.15, 0.2) is 11.6 Å². The number of anilines is 1. The van der Waals surface area contributed by atoms with Crippen LogP contribution in [-0.4, -0.2) is 34.8 Å². The number of furan rings is 1. The highest BCUT2D eigenvalue weighted by molar-refractivity contribution is 5.48. The van der Waals surface area contributed by atoms with Crippen LogP contribution in [0.4, 0.5) is 5.95 Å². The number of nitrogens with one attached hydrogen (secondary N) is 1. The predicted octanol–water partition coefficient (Wildman–Crippen LogP) is 1.24. The van der Waals surface area contributed by atoms with E-state index in [1.165, 1.54) is 6.42 Å². The van der Waals surface area contributed by atoms with Gasteiger partial charge in [-0.3, -0.25) is 5.10 Å². The molecule has 6 heteroatoms. The molecule has 0 aromatic carbocycles. The van der Waals surface area contributed by atoms with Crippen LogP contribution >= 0.6 is 0 Å². The van der Waals surface area contributed by atoms with E-state index < -0.39 is 0 Å². The molecule has 3 N–H and O–H groups in total. The van der Waals surface area contributed by atoms with Crippen LogP contribution in [0.2, 0.25) is 0 Å². The number of rotatable bonds is 3. The summed E-state index contributed by atoms with van der Waals surface area (Å²) in [6.07, 6.45) is 3.97. The molecule has 6 nitrogen and oxygen atoms in total. The normalized spacial score (nSPS) is 20.3. The van der Waals surface area contributed by atoms with E-state index in [9.17, 15) is 0 Å². The van der Waals surface area contributed by atoms with E-state index in [1.807, 2.05) is 12.1 Å². The average molecular weight is 247 g/mol. The van der Waals surface area contributed by atoms with Crippen molar-refractivity contribution in [3.8, 4) is 11.6 Å². The fourth-order valence-corrected chi connectivity index (χ4v) is 2.36. The fraction of sp³-hybridized carbons (Fsp3) is 0.500. The first-order valence-corrected chi connectivity index (χ1v) is 6.28. The van der Waals surface area contributed by atoms with Gasteiger partial charge in [0.1, 0.15) is 0 Å². The first-order valence-electron chi connectivity index (χ1n) is 6.28. The molecule has 2 aromatic rings. The molecule has 0 amide bonds. The molecule has 2 aromatic heterocycles. The lowest BCUT2D eigenvalue weighted by atomic mass is 9.99. The van der Waals surface area contributed by atoms with E-state index in [-0.39, 0.29) is 0 Å². The number of hydrogen-bond donors (Lipinski definition) is 2. The van der Waals surface area contributed by atoms with Crippen molar-refractivity contribution in [2.75, 3.05) is 24.5 Å². The van der Waals surface area contributed by atoms with Gasteiger partial charge in [-0.2, -0.15) is 4.98 Å². The molecule has 0 radical (unpaired) electrons. The van der Waals surface area contributed by atoms with Crippen molar-refractivity contribution in [2.24, 2.45) is 11.7 Å². The minimum absolute atomic E-state index is 0.546. The summed E-state index contributed by atoms with van der Waals surface area (Å²) in [5, 5.41) is 7.16. The topological polar surface area (TPSA) is 84.0 Å². The third-order valence-corrected chi connectivity index (χ3v) is 3.36. The Bertz CT molecular complexity index is 492. The second-order valence-electron chi connectivity index (χ2n) is 4.65. The van der Waals surface area contributed by atoms with E-state index in [1.54, 1.807) is 6.26 Å². The number of nitrogens with two attached hydrogens (primary N) is 1. The van der Waals surface area contributed by atoms with Crippen molar-refractivity contribution < 1.29 is 4.42 Å². The lowest BCUT2D eigenvalue weighted by molar-refractivity contribution is 0.420. The molecule has 3 heterocycles. The molecule has 1 atom stereocenters. The smallest absolute Gasteiger partial charge is 0.245 e. The SMILES string of the molecule is NCC1CCCN(c2n[nH]c(-c3ccco3)n2)C1. The second kappa shape index (κ2) is 4.81. The molecule has 18 heavy (non-hydrogen) atoms. The van der Waals surface area contributed by atoms with Crippen LogP contribution < -0.4 is 10.6 Å². The van der Waals surface area contributed by atoms with Crippen molar-refractivity contribution in [3.63, 3.8) is 0 Å². The summed E-state index contributed by atoms with van der Waals surface area (Å²) in [6, 6.07) is 3.70. The third-order valence-electron chi connectivity index (χ3n) is 3.36. The number of nitrogens with zero attached hydrogens (tertiary/aromatic N) is 3. The van der Waals surface area contributed by atoms with Gasteiger partial charge in [-0.1, -0.05) is 0 Å². The molecule has 1 fully saturated rings. The maximum Gasteiger partial charge on any atom is 0.245 e. The minimum Gasteiger partial charge on any atom is -0.461 e. The number of aromatic nitrogens is 3. The summed E-state index contributed by atoms with van der Waals surface area (Å²) in [7, 11) is 0. The van der Waals surface area contributed by atoms with Crippen LogP contribution in [0.1, 0.15) is 12.8 Å². The van der Waals surface area contributed by atoms with Crippen LogP contribution in [-0.2, 0) is 0 Å². The number of H-pyrrole nitrogens is 1. The quantitative estimate of drug-likeness (QED) is 0.852. The monoisotopic (exact) mass is 247 g/mol. The van der Waals surface area contributed by atoms with Crippen molar-refractivity contribution in [2.45, 2.75) is 12.8 Å². The van der Waals surface area contributed by atoms with Gasteiger partial charge >= 0.3 is 0 Å². The van der Waals surface area contributed by atoms with Gasteiger partial charge in [0.25, 0.3) is 0 Å². The second-order valence-corrected chi connectivity index (χ2v) is 4.65. The minimum atomic E-state index is 0.546. The zero-order valence-corrected chi connectivity index (χ0v) is 10.2. The van der Waals surface area contributed by atoms with E-state index in [0.29, 0.717) is 17.5 Å². The van der Waals surface area contributed by atoms with Crippen molar-refractivity contribution >= 4 is 5.95 Å². The van der Waals surface area contributed by atoms with E-state index in [0.717, 1.165) is 32.0 Å². The van der Waals surface area contributed by atoms with Crippen molar-refractivity contribution in [1.82, 2.24) is 15.2 Å². The molecule has 3 rings (SSSR count). The van der Waals surface area contributed by atoms with E-state index >= 15 is 0 Å². The molecule has 0 bridgehead atoms. The first-order chi connectivity index (χ1) is 8.86. The number of aromatic amines is 1. The molecule has 0 saturated carbocycles. The van der Waals surface area contributed by atoms with Gasteiger partial charge in [-0.05, 0) is 37.4 Å². The van der Waals surface area contributed by atoms with Crippen LogP contribution in [0.15, 0.2) is 22.8 Å². The van der Waals surface area contributed by atoms with E-state index in [2.05, 4.69) is 20.1 Å². The lowest BCUT2D eigenvalue weighted by Gasteiger charge is -2.31. The molecule has 96 valence electrons. The van der Waals surface area contributed by atoms with Gasteiger partial charge in [-0.15, -0.1) is 5.10 Å². The maximum absolute atomic E-state index is 5.74. The zero-order chi connectivity index (χ0) is 12.4. The van der Waals surface area contributed by atoms with Gasteiger partial charge in [-0.25, -0.2) is 0 Å². The van der Waals surface area contributed by atoms with Crippen LogP contribution in [0.3, 0.4) is 0 Å². The van der Waals surface area contributed by atoms with Crippen LogP contribution in [0, 0.1) is 5.92 Å². The van der Waals surface area contributed by atoms with Crippen LogP contribution in [0.25, 0.3) is 11.6 Å². The standard InChI is InChI=1S/C12H17N5O/c13-7-9-3-1-5-17(8-9)12-14-11(15-16-12)10-4-2-6-18-10/h2,4,6,9H,1,3,5,7-8,13H2,(H,14,15,16). The first kappa shape index (κ1) is 11.3. The lowest BCUT2D eigenvalue weighted by Crippen LogP contribution is -2.38. The van der Waals surface area contributed by atoms with Gasteiger partial charge in [0.2, 0.25) is 5.95 Å². The fourth-order valence-electron chi connectivity index (χ4n) is 2.36. The predicted molar refractivity (Wildman–Crippen MR) is 68.1 cm³/mol. The molecular weight excluding hydrogens is 230 g/mol. The van der Waals surface area contributed by atoms with Crippen molar-refractivity contribution in [3.05, 3.63) is 18.4 Å². The van der Waals surface area contributed by atoms with E-state index in [4.69, 9.17) is 10.2 Å². The maximum atomic E-state index is 5.74. The van der Waals surface area contributed by atoms with Gasteiger partial charge in [0.05, 0.1) is 6.26 Å². The number of hydrogen-bond acceptors (Lipinski definition) is 5. The Morgan fingerprint density at radius 3 is 3.28 bits per heavy atom. The average Bonchev–Trinajstić information content (AvgIpc) is 3.09. The highest BCUT2D eigenvalue weighted by Gasteiger charge is 2.22. The Morgan fingerprint density at radius 2 is 2.50 bits per heavy atom. The van der Waals surface area contributed by atoms with Gasteiger partial charge < -0.3 is 15.1 Å². The summed E-state index contributed by atoms with van der Waals surface area (Å²) in [6.45, 7) is 2.66. The molecule has 1 aliphatic rings. The Balaban J connectivity index is 1.77. The summed E-state index contributed by atoms with van der Waals surface area (Å²) < 4.78 is 5.29. The van der Waals surface area contributed by atoms with Crippen LogP contribution in [0.5, 0.6) is 0 Å². The molecule has 0 spiro atoms. The summed E-state index contributed by atoms with van der Waals surface area (Å²) >= 11 is 0. The highest BCUT2D eigenvalue weighted by Crippen LogP contribution is 2.22. The number of piperidine rings is 1. The Labute approximate surface area is 105 Å². The molecule has 1 unspecified atom stereocenters. The molecule has 1 saturated heterocycles. The molecule has 1 aliphatic heterocycles. The Kier molecular flexibility index (Phi) is 3.02. The largest absolute Gasteiger partial charge is 0.461 e. The molecular formula is C12H17N5O. The summed E-state index contributed by atoms with van der Waals surface area (Å²) in [4.78, 5) is 6.65. The highest BCUT2D eigenvalue weighted by atomic mass is 16.3. The zero-order valence-electron chi connectivity index (χ0n) is 10.2. The van der Waals surface area contributed by atoms with Gasteiger partial charge in [0, 0.05) is 13.1 Å². The molecule has 0 aliphatic carbocycles. The Hall–Kier alpha value is -1.82. The summed E-state index contributed by atoms with van der Waals surface area (Å²) in [5.74, 6) is 2.66. The Morgan fingerprint density at radius 1 is 1.56 bits per heavy atom. The van der Waals surface area contributed by atoms with Crippen molar-refractivity contribution in [1.29, 1.82) is 0 Å².